The number of alkyl carbamates (subject to hydrolysis) is 1. The molecule has 1 aliphatic heterocycles. The predicted octanol–water partition coefficient (Wildman–Crippen LogP) is 2.02. The first-order valence-electron chi connectivity index (χ1n) is 5.84. The van der Waals surface area contributed by atoms with Gasteiger partial charge >= 0.3 is 6.09 Å². The van der Waals surface area contributed by atoms with Crippen molar-refractivity contribution < 1.29 is 18.3 Å². The Hall–Kier alpha value is -1.17. The number of amides is 1. The lowest BCUT2D eigenvalue weighted by atomic mass is 10.2. The average molecular weight is 262 g/mol. The molecule has 1 amide bonds. The molecule has 6 heteroatoms. The maximum Gasteiger partial charge on any atom is 0.408 e. The third-order valence-corrected chi connectivity index (χ3v) is 2.46. The van der Waals surface area contributed by atoms with Crippen molar-refractivity contribution in [3.8, 4) is 0 Å². The Bertz CT molecular complexity index is 327. The third-order valence-electron chi connectivity index (χ3n) is 2.46. The number of ether oxygens (including phenoxy) is 1. The van der Waals surface area contributed by atoms with Crippen LogP contribution in [0.25, 0.3) is 0 Å². The molecular weight excluding hydrogens is 242 g/mol. The van der Waals surface area contributed by atoms with E-state index >= 15 is 0 Å². The van der Waals surface area contributed by atoms with Gasteiger partial charge in [0.2, 0.25) is 0 Å². The number of rotatable bonds is 3. The molecule has 1 fully saturated rings. The van der Waals surface area contributed by atoms with E-state index in [1.807, 2.05) is 0 Å². The summed E-state index contributed by atoms with van der Waals surface area (Å²) in [6.45, 7) is 8.66. The maximum absolute atomic E-state index is 13.6. The SMILES string of the molecule is C=CCN1CC(NC(=O)OC(C)(C)C)C(F)(F)C1. The minimum atomic E-state index is -2.94. The number of likely N-dealkylation sites (tertiary alicyclic amines) is 1. The second-order valence-electron chi connectivity index (χ2n) is 5.44. The van der Waals surface area contributed by atoms with E-state index in [-0.39, 0.29) is 13.1 Å². The van der Waals surface area contributed by atoms with E-state index in [0.717, 1.165) is 0 Å². The fraction of sp³-hybridized carbons (Fsp3) is 0.750. The number of hydrogen-bond acceptors (Lipinski definition) is 3. The second-order valence-corrected chi connectivity index (χ2v) is 5.44. The zero-order valence-electron chi connectivity index (χ0n) is 11.0. The molecule has 1 saturated heterocycles. The molecule has 0 aromatic rings. The van der Waals surface area contributed by atoms with E-state index in [1.165, 1.54) is 4.90 Å². The molecule has 1 heterocycles. The summed E-state index contributed by atoms with van der Waals surface area (Å²) in [6.07, 6.45) is 0.749. The van der Waals surface area contributed by atoms with Crippen LogP contribution < -0.4 is 5.32 Å². The number of carbonyl (C=O) groups excluding carboxylic acids is 1. The second kappa shape index (κ2) is 5.22. The van der Waals surface area contributed by atoms with Gasteiger partial charge in [-0.25, -0.2) is 13.6 Å². The number of hydrogen-bond donors (Lipinski definition) is 1. The Kier molecular flexibility index (Phi) is 4.32. The molecule has 0 aromatic heterocycles. The van der Waals surface area contributed by atoms with E-state index in [1.54, 1.807) is 26.8 Å². The van der Waals surface area contributed by atoms with Gasteiger partial charge in [0, 0.05) is 13.1 Å². The van der Waals surface area contributed by atoms with Gasteiger partial charge in [0.05, 0.1) is 6.54 Å². The zero-order chi connectivity index (χ0) is 14.0. The molecule has 0 radical (unpaired) electrons. The molecule has 0 spiro atoms. The highest BCUT2D eigenvalue weighted by molar-refractivity contribution is 5.68. The fourth-order valence-electron chi connectivity index (χ4n) is 1.79. The van der Waals surface area contributed by atoms with Crippen LogP contribution in [-0.2, 0) is 4.74 Å². The topological polar surface area (TPSA) is 41.6 Å². The van der Waals surface area contributed by atoms with E-state index < -0.39 is 23.7 Å². The van der Waals surface area contributed by atoms with Crippen molar-refractivity contribution in [3.05, 3.63) is 12.7 Å². The van der Waals surface area contributed by atoms with Gasteiger partial charge < -0.3 is 10.1 Å². The van der Waals surface area contributed by atoms with Crippen LogP contribution in [0, 0.1) is 0 Å². The van der Waals surface area contributed by atoms with Gasteiger partial charge in [-0.2, -0.15) is 0 Å². The molecular formula is C12H20F2N2O2. The number of alkyl halides is 2. The number of carbonyl (C=O) groups is 1. The summed E-state index contributed by atoms with van der Waals surface area (Å²) in [5.41, 5.74) is -0.696. The van der Waals surface area contributed by atoms with E-state index in [0.29, 0.717) is 6.54 Å². The Morgan fingerprint density at radius 1 is 1.61 bits per heavy atom. The summed E-state index contributed by atoms with van der Waals surface area (Å²) < 4.78 is 32.2. The molecule has 1 unspecified atom stereocenters. The van der Waals surface area contributed by atoms with Gasteiger partial charge in [-0.15, -0.1) is 6.58 Å². The Labute approximate surface area is 106 Å². The van der Waals surface area contributed by atoms with Crippen molar-refractivity contribution in [2.45, 2.75) is 38.3 Å². The summed E-state index contributed by atoms with van der Waals surface area (Å²) in [6, 6.07) is -1.22. The van der Waals surface area contributed by atoms with Gasteiger partial charge in [0.25, 0.3) is 5.92 Å². The summed E-state index contributed by atoms with van der Waals surface area (Å²) in [7, 11) is 0. The normalized spacial score (nSPS) is 23.7. The third kappa shape index (κ3) is 4.25. The van der Waals surface area contributed by atoms with Crippen molar-refractivity contribution in [3.63, 3.8) is 0 Å². The van der Waals surface area contributed by atoms with Crippen molar-refractivity contribution in [1.82, 2.24) is 10.2 Å². The fourth-order valence-corrected chi connectivity index (χ4v) is 1.79. The lowest BCUT2D eigenvalue weighted by molar-refractivity contribution is -0.0156. The minimum Gasteiger partial charge on any atom is -0.444 e. The molecule has 0 aliphatic carbocycles. The van der Waals surface area contributed by atoms with E-state index in [2.05, 4.69) is 11.9 Å². The zero-order valence-corrected chi connectivity index (χ0v) is 11.0. The molecule has 104 valence electrons. The molecule has 0 bridgehead atoms. The van der Waals surface area contributed by atoms with Crippen molar-refractivity contribution >= 4 is 6.09 Å². The van der Waals surface area contributed by atoms with Gasteiger partial charge in [-0.1, -0.05) is 6.08 Å². The molecule has 0 aromatic carbocycles. The Morgan fingerprint density at radius 2 is 2.22 bits per heavy atom. The molecule has 1 N–H and O–H groups in total. The first-order chi connectivity index (χ1) is 8.14. The van der Waals surface area contributed by atoms with Crippen molar-refractivity contribution in [2.75, 3.05) is 19.6 Å². The molecule has 1 atom stereocenters. The largest absolute Gasteiger partial charge is 0.444 e. The van der Waals surface area contributed by atoms with Crippen LogP contribution in [0.4, 0.5) is 13.6 Å². The summed E-state index contributed by atoms with van der Waals surface area (Å²) in [5.74, 6) is -2.94. The van der Waals surface area contributed by atoms with Crippen molar-refractivity contribution in [1.29, 1.82) is 0 Å². The van der Waals surface area contributed by atoms with Crippen LogP contribution in [0.15, 0.2) is 12.7 Å². The van der Waals surface area contributed by atoms with Crippen molar-refractivity contribution in [2.24, 2.45) is 0 Å². The smallest absolute Gasteiger partial charge is 0.408 e. The van der Waals surface area contributed by atoms with Gasteiger partial charge in [-0.3, -0.25) is 4.90 Å². The van der Waals surface area contributed by atoms with Crippen LogP contribution in [0.2, 0.25) is 0 Å². The lowest BCUT2D eigenvalue weighted by Crippen LogP contribution is -2.48. The first-order valence-corrected chi connectivity index (χ1v) is 5.84. The summed E-state index contributed by atoms with van der Waals surface area (Å²) in [5, 5.41) is 2.23. The number of nitrogens with one attached hydrogen (secondary N) is 1. The van der Waals surface area contributed by atoms with Crippen LogP contribution in [0.3, 0.4) is 0 Å². The van der Waals surface area contributed by atoms with Crippen LogP contribution in [0.5, 0.6) is 0 Å². The minimum absolute atomic E-state index is 0.0955. The van der Waals surface area contributed by atoms with Gasteiger partial charge in [-0.05, 0) is 20.8 Å². The lowest BCUT2D eigenvalue weighted by Gasteiger charge is -2.23. The van der Waals surface area contributed by atoms with Gasteiger partial charge in [0.15, 0.2) is 0 Å². The highest BCUT2D eigenvalue weighted by Crippen LogP contribution is 2.27. The number of halogens is 2. The van der Waals surface area contributed by atoms with Crippen LogP contribution >= 0.6 is 0 Å². The predicted molar refractivity (Wildman–Crippen MR) is 64.7 cm³/mol. The standard InChI is InChI=1S/C12H20F2N2O2/c1-5-6-16-7-9(12(13,14)8-16)15-10(17)18-11(2,3)4/h5,9H,1,6-8H2,2-4H3,(H,15,17). The van der Waals surface area contributed by atoms with E-state index in [4.69, 9.17) is 4.74 Å². The highest BCUT2D eigenvalue weighted by Gasteiger charge is 2.48. The highest BCUT2D eigenvalue weighted by atomic mass is 19.3. The quantitative estimate of drug-likeness (QED) is 0.791. The van der Waals surface area contributed by atoms with E-state index in [9.17, 15) is 13.6 Å². The molecule has 18 heavy (non-hydrogen) atoms. The number of nitrogens with zero attached hydrogens (tertiary/aromatic N) is 1. The van der Waals surface area contributed by atoms with Crippen LogP contribution in [-0.4, -0.2) is 48.2 Å². The molecule has 4 nitrogen and oxygen atoms in total. The van der Waals surface area contributed by atoms with Gasteiger partial charge in [0.1, 0.15) is 11.6 Å². The molecule has 1 rings (SSSR count). The summed E-state index contributed by atoms with van der Waals surface area (Å²) >= 11 is 0. The van der Waals surface area contributed by atoms with Crippen LogP contribution in [0.1, 0.15) is 20.8 Å². The molecule has 0 saturated carbocycles. The summed E-state index contributed by atoms with van der Waals surface area (Å²) in [4.78, 5) is 13.0. The average Bonchev–Trinajstić information content (AvgIpc) is 2.38. The first kappa shape index (κ1) is 14.9. The Morgan fingerprint density at radius 3 is 2.72 bits per heavy atom. The molecule has 1 aliphatic rings. The Balaban J connectivity index is 2.56. The maximum atomic E-state index is 13.6. The monoisotopic (exact) mass is 262 g/mol.